The van der Waals surface area contributed by atoms with Crippen molar-refractivity contribution in [1.29, 1.82) is 0 Å². The number of ether oxygens (including phenoxy) is 3. The maximum atomic E-state index is 12.8. The van der Waals surface area contributed by atoms with Crippen molar-refractivity contribution in [1.82, 2.24) is 29.3 Å². The minimum atomic E-state index is -0.336. The molecule has 4 rings (SSSR count). The fourth-order valence-corrected chi connectivity index (χ4v) is 4.78. The van der Waals surface area contributed by atoms with Gasteiger partial charge in [-0.2, -0.15) is 9.97 Å². The number of carbonyl (C=O) groups is 1. The highest BCUT2D eigenvalue weighted by atomic mass is 16.5. The lowest BCUT2D eigenvalue weighted by molar-refractivity contribution is -0.131. The number of nitrogens with one attached hydrogen (secondary N) is 1. The van der Waals surface area contributed by atoms with Crippen LogP contribution in [0.25, 0.3) is 11.2 Å². The summed E-state index contributed by atoms with van der Waals surface area (Å²) in [6.07, 6.45) is 2.58. The SMILES string of the molecule is CCCCOc1nc(N)c2[nH]c(=O)n(CCCN(CCN3CCOCC3)Cc3cccc(OC(C)=O)c3C)c2n1. The van der Waals surface area contributed by atoms with E-state index in [0.717, 1.165) is 69.9 Å². The van der Waals surface area contributed by atoms with Crippen molar-refractivity contribution in [3.05, 3.63) is 39.8 Å². The fourth-order valence-electron chi connectivity index (χ4n) is 4.78. The Morgan fingerprint density at radius 2 is 1.98 bits per heavy atom. The van der Waals surface area contributed by atoms with Gasteiger partial charge < -0.3 is 24.9 Å². The molecule has 0 unspecified atom stereocenters. The molecule has 3 N–H and O–H groups in total. The van der Waals surface area contributed by atoms with Gasteiger partial charge >= 0.3 is 17.7 Å². The Balaban J connectivity index is 1.47. The van der Waals surface area contributed by atoms with Gasteiger partial charge in [-0.1, -0.05) is 25.5 Å². The van der Waals surface area contributed by atoms with Crippen LogP contribution in [0.15, 0.2) is 23.0 Å². The molecule has 0 spiro atoms. The Labute approximate surface area is 234 Å². The van der Waals surface area contributed by atoms with Crippen LogP contribution in [-0.2, 0) is 22.6 Å². The summed E-state index contributed by atoms with van der Waals surface area (Å²) in [5.74, 6) is 0.442. The van der Waals surface area contributed by atoms with Crippen LogP contribution in [0.1, 0.15) is 44.2 Å². The first-order chi connectivity index (χ1) is 19.4. The third-order valence-corrected chi connectivity index (χ3v) is 7.10. The number of rotatable bonds is 14. The number of hydrogen-bond acceptors (Lipinski definition) is 10. The van der Waals surface area contributed by atoms with Crippen molar-refractivity contribution < 1.29 is 19.0 Å². The molecule has 0 bridgehead atoms. The first kappa shape index (κ1) is 29.5. The Hall–Kier alpha value is -3.48. The van der Waals surface area contributed by atoms with Crippen molar-refractivity contribution in [3.8, 4) is 11.8 Å². The summed E-state index contributed by atoms with van der Waals surface area (Å²) >= 11 is 0. The molecule has 218 valence electrons. The monoisotopic (exact) mass is 555 g/mol. The second kappa shape index (κ2) is 14.2. The Bertz CT molecular complexity index is 1330. The second-order valence-corrected chi connectivity index (χ2v) is 10.1. The van der Waals surface area contributed by atoms with Gasteiger partial charge in [0.15, 0.2) is 11.5 Å². The molecule has 0 atom stereocenters. The largest absolute Gasteiger partial charge is 0.463 e. The van der Waals surface area contributed by atoms with Crippen LogP contribution in [0.3, 0.4) is 0 Å². The number of anilines is 1. The molecular weight excluding hydrogens is 514 g/mol. The van der Waals surface area contributed by atoms with Gasteiger partial charge in [-0.05, 0) is 37.0 Å². The minimum absolute atomic E-state index is 0.182. The van der Waals surface area contributed by atoms with E-state index in [1.807, 2.05) is 19.1 Å². The van der Waals surface area contributed by atoms with Gasteiger partial charge in [-0.25, -0.2) is 4.79 Å². The van der Waals surface area contributed by atoms with E-state index in [1.54, 1.807) is 4.57 Å². The van der Waals surface area contributed by atoms with E-state index < -0.39 is 0 Å². The van der Waals surface area contributed by atoms with Crippen molar-refractivity contribution in [3.63, 3.8) is 0 Å². The number of imidazole rings is 1. The molecule has 2 aromatic heterocycles. The molecule has 3 aromatic rings. The van der Waals surface area contributed by atoms with Crippen LogP contribution in [0.4, 0.5) is 5.82 Å². The third-order valence-electron chi connectivity index (χ3n) is 7.10. The third kappa shape index (κ3) is 7.80. The first-order valence-corrected chi connectivity index (χ1v) is 14.0. The van der Waals surface area contributed by atoms with Gasteiger partial charge in [0.25, 0.3) is 0 Å². The average molecular weight is 556 g/mol. The fraction of sp³-hybridized carbons (Fsp3) is 0.571. The average Bonchev–Trinajstić information content (AvgIpc) is 3.25. The van der Waals surface area contributed by atoms with Gasteiger partial charge in [0, 0.05) is 52.7 Å². The molecule has 40 heavy (non-hydrogen) atoms. The maximum absolute atomic E-state index is 12.8. The number of benzene rings is 1. The Kier molecular flexibility index (Phi) is 10.5. The van der Waals surface area contributed by atoms with Gasteiger partial charge in [0.2, 0.25) is 0 Å². The summed E-state index contributed by atoms with van der Waals surface area (Å²) in [5.41, 5.74) is 8.76. The molecule has 12 heteroatoms. The predicted molar refractivity (Wildman–Crippen MR) is 153 cm³/mol. The van der Waals surface area contributed by atoms with E-state index in [0.29, 0.717) is 43.0 Å². The lowest BCUT2D eigenvalue weighted by atomic mass is 10.1. The van der Waals surface area contributed by atoms with Crippen LogP contribution >= 0.6 is 0 Å². The van der Waals surface area contributed by atoms with Crippen molar-refractivity contribution in [2.45, 2.75) is 53.1 Å². The second-order valence-electron chi connectivity index (χ2n) is 10.1. The van der Waals surface area contributed by atoms with Crippen molar-refractivity contribution in [2.24, 2.45) is 0 Å². The van der Waals surface area contributed by atoms with Crippen LogP contribution in [0.5, 0.6) is 11.8 Å². The number of aromatic nitrogens is 4. The zero-order chi connectivity index (χ0) is 28.5. The van der Waals surface area contributed by atoms with Crippen LogP contribution in [0, 0.1) is 6.92 Å². The quantitative estimate of drug-likeness (QED) is 0.173. The number of nitrogen functional groups attached to an aromatic ring is 1. The number of nitrogens with two attached hydrogens (primary N) is 1. The highest BCUT2D eigenvalue weighted by Crippen LogP contribution is 2.23. The Morgan fingerprint density at radius 3 is 2.73 bits per heavy atom. The number of carbonyl (C=O) groups excluding carboxylic acids is 1. The van der Waals surface area contributed by atoms with Crippen molar-refractivity contribution in [2.75, 3.05) is 58.3 Å². The molecule has 0 radical (unpaired) electrons. The topological polar surface area (TPSA) is 141 Å². The molecule has 0 aliphatic carbocycles. The predicted octanol–water partition coefficient (Wildman–Crippen LogP) is 2.34. The number of nitrogens with zero attached hydrogens (tertiary/aromatic N) is 5. The van der Waals surface area contributed by atoms with Crippen molar-refractivity contribution >= 4 is 23.0 Å². The summed E-state index contributed by atoms with van der Waals surface area (Å²) in [7, 11) is 0. The molecule has 1 fully saturated rings. The molecule has 12 nitrogen and oxygen atoms in total. The normalized spacial score (nSPS) is 14.2. The summed E-state index contributed by atoms with van der Waals surface area (Å²) in [4.78, 5) is 40.6. The minimum Gasteiger partial charge on any atom is -0.463 e. The summed E-state index contributed by atoms with van der Waals surface area (Å²) in [5, 5.41) is 0. The number of hydrogen-bond donors (Lipinski definition) is 2. The Morgan fingerprint density at radius 1 is 1.18 bits per heavy atom. The van der Waals surface area contributed by atoms with Gasteiger partial charge in [-0.3, -0.25) is 19.2 Å². The molecule has 0 saturated carbocycles. The number of esters is 1. The standard InChI is InChI=1S/C28H41N7O5/c1-4-5-16-39-27-31-25(29)24-26(32-27)35(28(37)30-24)11-7-10-34(13-12-33-14-17-38-18-15-33)19-22-8-6-9-23(20(22)2)40-21(3)36/h6,8-9H,4-5,7,10-19H2,1-3H3,(H,30,37)(H2,29,31,32). The van der Waals surface area contributed by atoms with E-state index in [-0.39, 0.29) is 23.5 Å². The maximum Gasteiger partial charge on any atom is 0.327 e. The number of H-pyrrole nitrogens is 1. The number of aromatic amines is 1. The highest BCUT2D eigenvalue weighted by Gasteiger charge is 2.17. The smallest absolute Gasteiger partial charge is 0.327 e. The molecule has 1 saturated heterocycles. The first-order valence-electron chi connectivity index (χ1n) is 14.0. The van der Waals surface area contributed by atoms with E-state index in [1.165, 1.54) is 6.92 Å². The van der Waals surface area contributed by atoms with E-state index in [4.69, 9.17) is 19.9 Å². The molecule has 1 aromatic carbocycles. The lowest BCUT2D eigenvalue weighted by Gasteiger charge is -2.30. The number of morpholine rings is 1. The molecule has 3 heterocycles. The van der Waals surface area contributed by atoms with Crippen LogP contribution in [-0.4, -0.2) is 87.8 Å². The molecule has 1 aliphatic rings. The molecule has 0 amide bonds. The number of unbranched alkanes of at least 4 members (excludes halogenated alkanes) is 1. The van der Waals surface area contributed by atoms with Gasteiger partial charge in [-0.15, -0.1) is 0 Å². The number of aryl methyl sites for hydroxylation is 1. The zero-order valence-electron chi connectivity index (χ0n) is 23.8. The number of fused-ring (bicyclic) bond motifs is 1. The van der Waals surface area contributed by atoms with Gasteiger partial charge in [0.1, 0.15) is 11.3 Å². The lowest BCUT2D eigenvalue weighted by Crippen LogP contribution is -2.41. The van der Waals surface area contributed by atoms with E-state index >= 15 is 0 Å². The zero-order valence-corrected chi connectivity index (χ0v) is 23.8. The molecular formula is C28H41N7O5. The van der Waals surface area contributed by atoms with E-state index in [9.17, 15) is 9.59 Å². The van der Waals surface area contributed by atoms with Crippen LogP contribution in [0.2, 0.25) is 0 Å². The van der Waals surface area contributed by atoms with E-state index in [2.05, 4.69) is 37.7 Å². The summed E-state index contributed by atoms with van der Waals surface area (Å²) < 4.78 is 18.2. The summed E-state index contributed by atoms with van der Waals surface area (Å²) in [6, 6.07) is 5.97. The summed E-state index contributed by atoms with van der Waals surface area (Å²) in [6.45, 7) is 13.0. The van der Waals surface area contributed by atoms with Crippen LogP contribution < -0.4 is 20.9 Å². The molecule has 1 aliphatic heterocycles. The highest BCUT2D eigenvalue weighted by molar-refractivity contribution is 5.81. The van der Waals surface area contributed by atoms with Gasteiger partial charge in [0.05, 0.1) is 19.8 Å².